The van der Waals surface area contributed by atoms with Gasteiger partial charge in [-0.3, -0.25) is 0 Å². The van der Waals surface area contributed by atoms with Crippen LogP contribution in [-0.2, 0) is 15.8 Å². The Hall–Kier alpha value is -0.690. The van der Waals surface area contributed by atoms with Crippen LogP contribution in [0.4, 0.5) is 4.39 Å². The van der Waals surface area contributed by atoms with E-state index < -0.39 is 10.0 Å². The highest BCUT2D eigenvalue weighted by Crippen LogP contribution is 2.06. The molecule has 0 aliphatic heterocycles. The summed E-state index contributed by atoms with van der Waals surface area (Å²) in [6.07, 6.45) is 0.586. The van der Waals surface area contributed by atoms with Gasteiger partial charge in [-0.1, -0.05) is 12.1 Å². The van der Waals surface area contributed by atoms with Gasteiger partial charge >= 0.3 is 0 Å². The highest BCUT2D eigenvalue weighted by molar-refractivity contribution is 7.88. The number of halogens is 2. The molecule has 18 heavy (non-hydrogen) atoms. The summed E-state index contributed by atoms with van der Waals surface area (Å²) in [6.45, 7) is 2.13. The molecule has 0 radical (unpaired) electrons. The third-order valence-electron chi connectivity index (χ3n) is 2.19. The zero-order chi connectivity index (χ0) is 12.9. The number of hydrogen-bond donors (Lipinski definition) is 2. The number of sulfonamides is 1. The van der Waals surface area contributed by atoms with Crippen LogP contribution in [0.25, 0.3) is 0 Å². The molecule has 0 amide bonds. The molecule has 4 nitrogen and oxygen atoms in total. The molecule has 1 aromatic rings. The van der Waals surface area contributed by atoms with Crippen molar-refractivity contribution in [2.75, 3.05) is 6.54 Å². The van der Waals surface area contributed by atoms with Crippen molar-refractivity contribution in [2.45, 2.75) is 25.1 Å². The number of rotatable bonds is 6. The van der Waals surface area contributed by atoms with E-state index in [0.29, 0.717) is 18.5 Å². The third kappa shape index (κ3) is 6.90. The highest BCUT2D eigenvalue weighted by atomic mass is 35.5. The zero-order valence-electron chi connectivity index (χ0n) is 10.1. The normalized spacial score (nSPS) is 12.8. The molecule has 7 heteroatoms. The van der Waals surface area contributed by atoms with Gasteiger partial charge in [-0.15, -0.1) is 12.4 Å². The van der Waals surface area contributed by atoms with Gasteiger partial charge in [0.2, 0.25) is 10.0 Å². The van der Waals surface area contributed by atoms with Crippen LogP contribution in [0.2, 0.25) is 0 Å². The maximum atomic E-state index is 12.6. The molecule has 104 valence electrons. The fraction of sp³-hybridized carbons (Fsp3) is 0.455. The summed E-state index contributed by atoms with van der Waals surface area (Å²) in [5.41, 5.74) is 6.07. The highest BCUT2D eigenvalue weighted by Gasteiger charge is 2.11. The van der Waals surface area contributed by atoms with E-state index in [1.54, 1.807) is 0 Å². The van der Waals surface area contributed by atoms with E-state index in [9.17, 15) is 12.8 Å². The minimum Gasteiger partial charge on any atom is -0.328 e. The van der Waals surface area contributed by atoms with Crippen molar-refractivity contribution in [3.8, 4) is 0 Å². The van der Waals surface area contributed by atoms with Gasteiger partial charge in [0, 0.05) is 12.6 Å². The van der Waals surface area contributed by atoms with Gasteiger partial charge in [0.1, 0.15) is 5.82 Å². The second kappa shape index (κ2) is 7.68. The molecule has 0 fully saturated rings. The lowest BCUT2D eigenvalue weighted by molar-refractivity contribution is 0.570. The number of hydrogen-bond acceptors (Lipinski definition) is 3. The lowest BCUT2D eigenvalue weighted by atomic mass is 10.2. The predicted octanol–water partition coefficient (Wildman–Crippen LogP) is 1.40. The Morgan fingerprint density at radius 1 is 1.33 bits per heavy atom. The molecule has 1 aromatic carbocycles. The van der Waals surface area contributed by atoms with E-state index in [1.165, 1.54) is 24.3 Å². The minimum absolute atomic E-state index is 0. The SMILES string of the molecule is CC(N)CCNS(=O)(=O)Cc1ccc(F)cc1.Cl. The van der Waals surface area contributed by atoms with E-state index in [0.717, 1.165) is 0 Å². The van der Waals surface area contributed by atoms with Gasteiger partial charge in [0.05, 0.1) is 5.75 Å². The zero-order valence-corrected chi connectivity index (χ0v) is 11.7. The Bertz CT molecular complexity index is 449. The van der Waals surface area contributed by atoms with Crippen LogP contribution in [0, 0.1) is 5.82 Å². The molecule has 0 aromatic heterocycles. The van der Waals surface area contributed by atoms with E-state index in [1.807, 2.05) is 6.92 Å². The van der Waals surface area contributed by atoms with E-state index >= 15 is 0 Å². The number of benzene rings is 1. The van der Waals surface area contributed by atoms with Crippen molar-refractivity contribution < 1.29 is 12.8 Å². The molecular weight excluding hydrogens is 279 g/mol. The molecule has 0 saturated carbocycles. The fourth-order valence-electron chi connectivity index (χ4n) is 1.29. The molecular formula is C11H18ClFN2O2S. The summed E-state index contributed by atoms with van der Waals surface area (Å²) in [7, 11) is -3.37. The monoisotopic (exact) mass is 296 g/mol. The second-order valence-electron chi connectivity index (χ2n) is 4.05. The third-order valence-corrected chi connectivity index (χ3v) is 3.55. The Balaban J connectivity index is 0.00000289. The van der Waals surface area contributed by atoms with E-state index in [2.05, 4.69) is 4.72 Å². The summed E-state index contributed by atoms with van der Waals surface area (Å²) in [5, 5.41) is 0. The molecule has 0 aliphatic carbocycles. The van der Waals surface area contributed by atoms with Gasteiger partial charge < -0.3 is 5.73 Å². The van der Waals surface area contributed by atoms with Crippen LogP contribution >= 0.6 is 12.4 Å². The first-order chi connectivity index (χ1) is 7.89. The minimum atomic E-state index is -3.37. The van der Waals surface area contributed by atoms with Gasteiger partial charge in [0.15, 0.2) is 0 Å². The first kappa shape index (κ1) is 17.3. The summed E-state index contributed by atoms with van der Waals surface area (Å²) in [4.78, 5) is 0. The molecule has 0 bridgehead atoms. The quantitative estimate of drug-likeness (QED) is 0.833. The summed E-state index contributed by atoms with van der Waals surface area (Å²) >= 11 is 0. The maximum absolute atomic E-state index is 12.6. The first-order valence-corrected chi connectivity index (χ1v) is 7.01. The van der Waals surface area contributed by atoms with Crippen molar-refractivity contribution >= 4 is 22.4 Å². The topological polar surface area (TPSA) is 72.2 Å². The molecule has 0 heterocycles. The molecule has 0 saturated heterocycles. The lowest BCUT2D eigenvalue weighted by Crippen LogP contribution is -2.29. The predicted molar refractivity (Wildman–Crippen MR) is 72.5 cm³/mol. The largest absolute Gasteiger partial charge is 0.328 e. The van der Waals surface area contributed by atoms with Gasteiger partial charge in [0.25, 0.3) is 0 Å². The van der Waals surface area contributed by atoms with Crippen molar-refractivity contribution in [1.29, 1.82) is 0 Å². The molecule has 3 N–H and O–H groups in total. The smallest absolute Gasteiger partial charge is 0.215 e. The molecule has 1 unspecified atom stereocenters. The Kier molecular flexibility index (Phi) is 7.39. The Morgan fingerprint density at radius 2 is 1.89 bits per heavy atom. The summed E-state index contributed by atoms with van der Waals surface area (Å²) in [5.74, 6) is -0.525. The van der Waals surface area contributed by atoms with Gasteiger partial charge in [-0.2, -0.15) is 0 Å². The van der Waals surface area contributed by atoms with Crippen molar-refractivity contribution in [2.24, 2.45) is 5.73 Å². The fourth-order valence-corrected chi connectivity index (χ4v) is 2.46. The van der Waals surface area contributed by atoms with Crippen LogP contribution in [0.3, 0.4) is 0 Å². The van der Waals surface area contributed by atoms with Crippen LogP contribution in [0.5, 0.6) is 0 Å². The summed E-state index contributed by atoms with van der Waals surface area (Å²) < 4.78 is 38.3. The van der Waals surface area contributed by atoms with E-state index in [4.69, 9.17) is 5.73 Å². The Morgan fingerprint density at radius 3 is 2.39 bits per heavy atom. The van der Waals surface area contributed by atoms with Crippen LogP contribution in [-0.4, -0.2) is 21.0 Å². The molecule has 1 rings (SSSR count). The average molecular weight is 297 g/mol. The van der Waals surface area contributed by atoms with E-state index in [-0.39, 0.29) is 30.0 Å². The average Bonchev–Trinajstić information content (AvgIpc) is 2.20. The molecule has 0 spiro atoms. The number of nitrogens with two attached hydrogens (primary N) is 1. The standard InChI is InChI=1S/C11H17FN2O2S.ClH/c1-9(13)6-7-14-17(15,16)8-10-2-4-11(12)5-3-10;/h2-5,9,14H,6-8,13H2,1H3;1H. The van der Waals surface area contributed by atoms with Gasteiger partial charge in [-0.05, 0) is 31.0 Å². The van der Waals surface area contributed by atoms with Crippen LogP contribution in [0.15, 0.2) is 24.3 Å². The lowest BCUT2D eigenvalue weighted by Gasteiger charge is -2.08. The Labute approximate surface area is 113 Å². The molecule has 0 aliphatic rings. The van der Waals surface area contributed by atoms with Crippen LogP contribution < -0.4 is 10.5 Å². The van der Waals surface area contributed by atoms with Crippen molar-refractivity contribution in [3.05, 3.63) is 35.6 Å². The second-order valence-corrected chi connectivity index (χ2v) is 5.85. The molecule has 1 atom stereocenters. The van der Waals surface area contributed by atoms with Crippen molar-refractivity contribution in [1.82, 2.24) is 4.72 Å². The first-order valence-electron chi connectivity index (χ1n) is 5.36. The summed E-state index contributed by atoms with van der Waals surface area (Å²) in [6, 6.07) is 5.36. The van der Waals surface area contributed by atoms with Gasteiger partial charge in [-0.25, -0.2) is 17.5 Å². The maximum Gasteiger partial charge on any atom is 0.215 e. The van der Waals surface area contributed by atoms with Crippen molar-refractivity contribution in [3.63, 3.8) is 0 Å². The van der Waals surface area contributed by atoms with Crippen LogP contribution in [0.1, 0.15) is 18.9 Å². The number of nitrogens with one attached hydrogen (secondary N) is 1.